The summed E-state index contributed by atoms with van der Waals surface area (Å²) in [7, 11) is 0. The predicted octanol–water partition coefficient (Wildman–Crippen LogP) is 1.34. The maximum Gasteiger partial charge on any atom is 0.0262 e. The van der Waals surface area contributed by atoms with Gasteiger partial charge in [-0.2, -0.15) is 0 Å². The van der Waals surface area contributed by atoms with E-state index < -0.39 is 0 Å². The second-order valence-electron chi connectivity index (χ2n) is 2.81. The quantitative estimate of drug-likeness (QED) is 0.582. The molecule has 56 valence electrons. The van der Waals surface area contributed by atoms with Crippen LogP contribution in [0.5, 0.6) is 0 Å². The van der Waals surface area contributed by atoms with Crippen molar-refractivity contribution in [2.45, 2.75) is 25.8 Å². The van der Waals surface area contributed by atoms with Gasteiger partial charge in [0.05, 0.1) is 0 Å². The Kier molecular flexibility index (Phi) is 2.63. The molecule has 0 radical (unpaired) electrons. The van der Waals surface area contributed by atoms with E-state index in [0.717, 1.165) is 12.6 Å². The molecule has 0 aliphatic heterocycles. The number of nitrogens with zero attached hydrogens (tertiary/aromatic N) is 1. The maximum atomic E-state index is 3.68. The smallest absolute Gasteiger partial charge is 0.0262 e. The van der Waals surface area contributed by atoms with Gasteiger partial charge in [0.1, 0.15) is 0 Å². The van der Waals surface area contributed by atoms with Gasteiger partial charge in [-0.15, -0.1) is 0 Å². The molecule has 0 spiro atoms. The summed E-state index contributed by atoms with van der Waals surface area (Å²) in [6.07, 6.45) is 4.49. The Morgan fingerprint density at radius 3 is 3.00 bits per heavy atom. The fourth-order valence-corrected chi connectivity index (χ4v) is 0.794. The molecule has 0 amide bonds. The highest BCUT2D eigenvalue weighted by Crippen LogP contribution is 2.18. The van der Waals surface area contributed by atoms with E-state index in [0.29, 0.717) is 0 Å². The average Bonchev–Trinajstić information content (AvgIpc) is 2.67. The molecular weight excluding hydrogens is 124 g/mol. The van der Waals surface area contributed by atoms with Crippen molar-refractivity contribution < 1.29 is 0 Å². The Labute approximate surface area is 62.0 Å². The molecule has 0 heterocycles. The van der Waals surface area contributed by atoms with E-state index in [2.05, 4.69) is 24.0 Å². The zero-order valence-electron chi connectivity index (χ0n) is 6.43. The third-order valence-corrected chi connectivity index (χ3v) is 1.56. The first-order valence-electron chi connectivity index (χ1n) is 3.68. The summed E-state index contributed by atoms with van der Waals surface area (Å²) in [5, 5.41) is 3.39. The molecule has 1 aliphatic rings. The van der Waals surface area contributed by atoms with E-state index in [4.69, 9.17) is 0 Å². The van der Waals surface area contributed by atoms with Gasteiger partial charge in [-0.25, -0.2) is 0 Å². The molecule has 0 aromatic heterocycles. The van der Waals surface area contributed by atoms with Gasteiger partial charge in [0.25, 0.3) is 0 Å². The molecule has 1 saturated carbocycles. The fraction of sp³-hybridized carbons (Fsp3) is 0.625. The second kappa shape index (κ2) is 3.52. The van der Waals surface area contributed by atoms with Crippen LogP contribution in [0.4, 0.5) is 0 Å². The van der Waals surface area contributed by atoms with Crippen LogP contribution >= 0.6 is 0 Å². The van der Waals surface area contributed by atoms with Gasteiger partial charge in [-0.05, 0) is 32.1 Å². The van der Waals surface area contributed by atoms with Crippen LogP contribution in [0.2, 0.25) is 0 Å². The van der Waals surface area contributed by atoms with E-state index in [1.165, 1.54) is 18.4 Å². The Morgan fingerprint density at radius 2 is 2.50 bits per heavy atom. The van der Waals surface area contributed by atoms with Gasteiger partial charge < -0.3 is 5.32 Å². The molecule has 2 nitrogen and oxygen atoms in total. The first-order chi connectivity index (χ1) is 4.83. The second-order valence-corrected chi connectivity index (χ2v) is 2.81. The van der Waals surface area contributed by atoms with Gasteiger partial charge >= 0.3 is 0 Å². The molecular formula is C8H14N2. The van der Waals surface area contributed by atoms with Gasteiger partial charge in [0.2, 0.25) is 0 Å². The van der Waals surface area contributed by atoms with E-state index >= 15 is 0 Å². The first-order valence-corrected chi connectivity index (χ1v) is 3.68. The van der Waals surface area contributed by atoms with E-state index in [-0.39, 0.29) is 0 Å². The lowest BCUT2D eigenvalue weighted by Crippen LogP contribution is -2.18. The topological polar surface area (TPSA) is 24.4 Å². The summed E-state index contributed by atoms with van der Waals surface area (Å²) in [5.74, 6) is 0. The summed E-state index contributed by atoms with van der Waals surface area (Å²) in [6.45, 7) is 6.41. The lowest BCUT2D eigenvalue weighted by Gasteiger charge is -1.99. The van der Waals surface area contributed by atoms with Crippen LogP contribution in [-0.2, 0) is 0 Å². The molecule has 0 unspecified atom stereocenters. The molecule has 1 rings (SSSR count). The Morgan fingerprint density at radius 1 is 1.80 bits per heavy atom. The van der Waals surface area contributed by atoms with E-state index in [9.17, 15) is 0 Å². The largest absolute Gasteiger partial charge is 0.310 e. The van der Waals surface area contributed by atoms with Crippen molar-refractivity contribution in [3.05, 3.63) is 11.8 Å². The van der Waals surface area contributed by atoms with E-state index in [1.54, 1.807) is 6.20 Å². The number of hydrogen-bond donors (Lipinski definition) is 1. The zero-order chi connectivity index (χ0) is 7.40. The van der Waals surface area contributed by atoms with E-state index in [1.807, 2.05) is 0 Å². The predicted molar refractivity (Wildman–Crippen MR) is 44.3 cm³/mol. The van der Waals surface area contributed by atoms with Crippen molar-refractivity contribution >= 4 is 6.72 Å². The maximum absolute atomic E-state index is 3.68. The molecule has 0 saturated heterocycles. The minimum absolute atomic E-state index is 0.785. The third-order valence-electron chi connectivity index (χ3n) is 1.56. The minimum Gasteiger partial charge on any atom is -0.310 e. The molecule has 1 N–H and O–H groups in total. The summed E-state index contributed by atoms with van der Waals surface area (Å²) in [4.78, 5) is 3.68. The van der Waals surface area contributed by atoms with Crippen molar-refractivity contribution in [3.63, 3.8) is 0 Å². The monoisotopic (exact) mass is 138 g/mol. The van der Waals surface area contributed by atoms with Crippen LogP contribution in [0.15, 0.2) is 16.8 Å². The lowest BCUT2D eigenvalue weighted by atomic mass is 10.3. The number of aliphatic imine (C=N–C) groups is 1. The highest BCUT2D eigenvalue weighted by molar-refractivity contribution is 5.26. The number of rotatable bonds is 4. The zero-order valence-corrected chi connectivity index (χ0v) is 6.43. The van der Waals surface area contributed by atoms with Crippen LogP contribution < -0.4 is 5.32 Å². The molecule has 1 aliphatic carbocycles. The van der Waals surface area contributed by atoms with Crippen molar-refractivity contribution in [2.75, 3.05) is 6.54 Å². The van der Waals surface area contributed by atoms with Crippen LogP contribution in [0, 0.1) is 0 Å². The standard InChI is InChI=1S/C8H14N2/c1-7(5-9-2)6-10-8-3-4-8/h5,8,10H,2-4,6H2,1H3. The van der Waals surface area contributed by atoms with Gasteiger partial charge in [-0.3, -0.25) is 4.99 Å². The van der Waals surface area contributed by atoms with Crippen molar-refractivity contribution in [3.8, 4) is 0 Å². The summed E-state index contributed by atoms with van der Waals surface area (Å²) in [5.41, 5.74) is 1.25. The molecule has 0 bridgehead atoms. The Hall–Kier alpha value is -0.630. The molecule has 2 heteroatoms. The molecule has 0 atom stereocenters. The Bertz CT molecular complexity index is 145. The fourth-order valence-electron chi connectivity index (χ4n) is 0.794. The summed E-state index contributed by atoms with van der Waals surface area (Å²) >= 11 is 0. The Balaban J connectivity index is 2.10. The first kappa shape index (κ1) is 7.48. The normalized spacial score (nSPS) is 19.1. The van der Waals surface area contributed by atoms with Gasteiger partial charge in [-0.1, -0.05) is 0 Å². The van der Waals surface area contributed by atoms with Crippen LogP contribution in [-0.4, -0.2) is 19.3 Å². The van der Waals surface area contributed by atoms with Crippen molar-refractivity contribution in [2.24, 2.45) is 4.99 Å². The molecule has 10 heavy (non-hydrogen) atoms. The van der Waals surface area contributed by atoms with Gasteiger partial charge in [0, 0.05) is 18.8 Å². The average molecular weight is 138 g/mol. The molecule has 0 aromatic rings. The van der Waals surface area contributed by atoms with Crippen LogP contribution in [0.3, 0.4) is 0 Å². The van der Waals surface area contributed by atoms with Crippen LogP contribution in [0.1, 0.15) is 19.8 Å². The van der Waals surface area contributed by atoms with Gasteiger partial charge in [0.15, 0.2) is 0 Å². The molecule has 1 fully saturated rings. The van der Waals surface area contributed by atoms with Crippen LogP contribution in [0.25, 0.3) is 0 Å². The number of nitrogens with one attached hydrogen (secondary N) is 1. The SMILES string of the molecule is C=NC=C(C)CNC1CC1. The van der Waals surface area contributed by atoms with Crippen molar-refractivity contribution in [1.29, 1.82) is 0 Å². The highest BCUT2D eigenvalue weighted by atomic mass is 14.9. The highest BCUT2D eigenvalue weighted by Gasteiger charge is 2.19. The molecule has 0 aromatic carbocycles. The lowest BCUT2D eigenvalue weighted by molar-refractivity contribution is 0.732. The number of hydrogen-bond acceptors (Lipinski definition) is 2. The summed E-state index contributed by atoms with van der Waals surface area (Å²) < 4.78 is 0. The third kappa shape index (κ3) is 2.78. The summed E-state index contributed by atoms with van der Waals surface area (Å²) in [6, 6.07) is 0.785. The minimum atomic E-state index is 0.785. The van der Waals surface area contributed by atoms with Crippen molar-refractivity contribution in [1.82, 2.24) is 5.32 Å².